The van der Waals surface area contributed by atoms with Gasteiger partial charge in [0.1, 0.15) is 0 Å². The molecule has 1 aliphatic rings. The molecule has 0 aliphatic heterocycles. The lowest BCUT2D eigenvalue weighted by atomic mass is 9.75. The molecule has 0 aromatic heterocycles. The normalized spacial score (nSPS) is 24.5. The summed E-state index contributed by atoms with van der Waals surface area (Å²) in [6, 6.07) is 10.1. The van der Waals surface area contributed by atoms with Gasteiger partial charge in [-0.3, -0.25) is 4.79 Å². The second-order valence-corrected chi connectivity index (χ2v) is 6.18. The molecule has 0 radical (unpaired) electrons. The highest BCUT2D eigenvalue weighted by molar-refractivity contribution is 8.03. The summed E-state index contributed by atoms with van der Waals surface area (Å²) in [4.78, 5) is 14.5. The molecule has 1 aromatic rings. The number of carbonyl (C=O) groups excluding carboxylic acids is 1. The van der Waals surface area contributed by atoms with E-state index in [1.165, 1.54) is 0 Å². The molecule has 0 heterocycles. The third kappa shape index (κ3) is 2.52. The maximum atomic E-state index is 12.2. The average molecular weight is 262 g/mol. The number of rotatable bonds is 3. The first kappa shape index (κ1) is 13.4. The van der Waals surface area contributed by atoms with Crippen molar-refractivity contribution in [3.63, 3.8) is 0 Å². The fraction of sp³-hybridized carbons (Fsp3) is 0.400. The summed E-state index contributed by atoms with van der Waals surface area (Å²) in [6.07, 6.45) is 1.60. The largest absolute Gasteiger partial charge is 0.395 e. The van der Waals surface area contributed by atoms with E-state index in [0.29, 0.717) is 0 Å². The topological polar surface area (TPSA) is 37.3 Å². The highest BCUT2D eigenvalue weighted by Gasteiger charge is 2.37. The Morgan fingerprint density at radius 3 is 2.61 bits per heavy atom. The van der Waals surface area contributed by atoms with E-state index in [4.69, 9.17) is 0 Å². The van der Waals surface area contributed by atoms with Gasteiger partial charge in [0.05, 0.1) is 12.0 Å². The van der Waals surface area contributed by atoms with Gasteiger partial charge in [-0.1, -0.05) is 36.9 Å². The van der Waals surface area contributed by atoms with Crippen molar-refractivity contribution in [1.82, 2.24) is 0 Å². The first-order valence-electron chi connectivity index (χ1n) is 6.15. The van der Waals surface area contributed by atoms with Crippen LogP contribution < -0.4 is 0 Å². The third-order valence-corrected chi connectivity index (χ3v) is 4.81. The van der Waals surface area contributed by atoms with Crippen molar-refractivity contribution in [2.75, 3.05) is 6.61 Å². The maximum Gasteiger partial charge on any atom is 0.167 e. The quantitative estimate of drug-likeness (QED) is 0.907. The van der Waals surface area contributed by atoms with Gasteiger partial charge in [0.15, 0.2) is 5.78 Å². The van der Waals surface area contributed by atoms with Gasteiger partial charge < -0.3 is 5.11 Å². The van der Waals surface area contributed by atoms with Crippen LogP contribution in [0.4, 0.5) is 0 Å². The van der Waals surface area contributed by atoms with Crippen molar-refractivity contribution in [2.24, 2.45) is 5.41 Å². The predicted octanol–water partition coefficient (Wildman–Crippen LogP) is 3.41. The number of hydrogen-bond acceptors (Lipinski definition) is 3. The minimum atomic E-state index is -0.579. The fourth-order valence-electron chi connectivity index (χ4n) is 2.18. The zero-order chi connectivity index (χ0) is 13.2. The molecule has 0 fully saturated rings. The van der Waals surface area contributed by atoms with E-state index >= 15 is 0 Å². The van der Waals surface area contributed by atoms with Crippen molar-refractivity contribution < 1.29 is 9.90 Å². The number of ketones is 1. The highest BCUT2D eigenvalue weighted by Crippen LogP contribution is 2.42. The number of benzene rings is 1. The highest BCUT2D eigenvalue weighted by atomic mass is 32.2. The number of aliphatic hydroxyl groups is 1. The van der Waals surface area contributed by atoms with E-state index in [0.717, 1.165) is 28.2 Å². The molecule has 0 unspecified atom stereocenters. The van der Waals surface area contributed by atoms with Gasteiger partial charge in [-0.25, -0.2) is 0 Å². The zero-order valence-corrected chi connectivity index (χ0v) is 11.6. The first-order chi connectivity index (χ1) is 8.57. The Balaban J connectivity index is 2.23. The lowest BCUT2D eigenvalue weighted by Gasteiger charge is -2.31. The lowest BCUT2D eigenvalue weighted by molar-refractivity contribution is -0.127. The molecule has 1 aromatic carbocycles. The summed E-state index contributed by atoms with van der Waals surface area (Å²) in [5.41, 5.74) is 0.233. The molecule has 18 heavy (non-hydrogen) atoms. The third-order valence-electron chi connectivity index (χ3n) is 3.54. The average Bonchev–Trinajstić information content (AvgIpc) is 2.41. The van der Waals surface area contributed by atoms with Crippen molar-refractivity contribution >= 4 is 17.5 Å². The fourth-order valence-corrected chi connectivity index (χ4v) is 3.21. The van der Waals surface area contributed by atoms with Gasteiger partial charge in [-0.05, 0) is 36.8 Å². The molecule has 0 spiro atoms. The van der Waals surface area contributed by atoms with Crippen LogP contribution in [0.3, 0.4) is 0 Å². The molecule has 2 rings (SSSR count). The van der Waals surface area contributed by atoms with Crippen LogP contribution in [-0.4, -0.2) is 17.5 Å². The van der Waals surface area contributed by atoms with Crippen LogP contribution in [0.5, 0.6) is 0 Å². The summed E-state index contributed by atoms with van der Waals surface area (Å²) in [7, 11) is 0. The van der Waals surface area contributed by atoms with E-state index in [-0.39, 0.29) is 12.4 Å². The van der Waals surface area contributed by atoms with Crippen molar-refractivity contribution in [3.8, 4) is 0 Å². The summed E-state index contributed by atoms with van der Waals surface area (Å²) in [5, 5.41) is 9.36. The van der Waals surface area contributed by atoms with E-state index in [9.17, 15) is 9.90 Å². The zero-order valence-electron chi connectivity index (χ0n) is 10.8. The van der Waals surface area contributed by atoms with Crippen LogP contribution in [0.1, 0.15) is 26.7 Å². The minimum absolute atomic E-state index is 0.0630. The minimum Gasteiger partial charge on any atom is -0.395 e. The molecular formula is C15H18O2S. The summed E-state index contributed by atoms with van der Waals surface area (Å²) < 4.78 is 0. The van der Waals surface area contributed by atoms with Crippen molar-refractivity contribution in [3.05, 3.63) is 40.8 Å². The Labute approximate surface area is 112 Å². The van der Waals surface area contributed by atoms with E-state index in [1.807, 2.05) is 32.0 Å². The molecular weight excluding hydrogens is 244 g/mol. The Bertz CT molecular complexity index is 479. The van der Waals surface area contributed by atoms with Gasteiger partial charge in [0.25, 0.3) is 0 Å². The van der Waals surface area contributed by atoms with Crippen LogP contribution in [-0.2, 0) is 4.79 Å². The van der Waals surface area contributed by atoms with Gasteiger partial charge in [0, 0.05) is 10.5 Å². The molecule has 96 valence electrons. The van der Waals surface area contributed by atoms with Crippen LogP contribution in [0.15, 0.2) is 45.7 Å². The smallest absolute Gasteiger partial charge is 0.167 e. The molecule has 2 nitrogen and oxygen atoms in total. The Morgan fingerprint density at radius 2 is 2.00 bits per heavy atom. The van der Waals surface area contributed by atoms with Crippen molar-refractivity contribution in [1.29, 1.82) is 0 Å². The lowest BCUT2D eigenvalue weighted by Crippen LogP contribution is -2.35. The summed E-state index contributed by atoms with van der Waals surface area (Å²) in [6.45, 7) is 3.66. The summed E-state index contributed by atoms with van der Waals surface area (Å²) >= 11 is 1.66. The number of allylic oxidation sites excluding steroid dienone is 2. The Kier molecular flexibility index (Phi) is 3.93. The van der Waals surface area contributed by atoms with E-state index in [2.05, 4.69) is 12.1 Å². The molecule has 3 heteroatoms. The van der Waals surface area contributed by atoms with Crippen LogP contribution in [0, 0.1) is 5.41 Å². The predicted molar refractivity (Wildman–Crippen MR) is 74.4 cm³/mol. The molecule has 1 N–H and O–H groups in total. The Hall–Kier alpha value is -1.06. The second kappa shape index (κ2) is 5.29. The van der Waals surface area contributed by atoms with Gasteiger partial charge >= 0.3 is 0 Å². The SMILES string of the molecule is CC1=C(Sc2ccccc2)CC[C@](C)(CO)C1=O. The number of thioether (sulfide) groups is 1. The van der Waals surface area contributed by atoms with E-state index in [1.54, 1.807) is 11.8 Å². The first-order valence-corrected chi connectivity index (χ1v) is 6.97. The van der Waals surface area contributed by atoms with Gasteiger partial charge in [0.2, 0.25) is 0 Å². The molecule has 0 bridgehead atoms. The standard InChI is InChI=1S/C15H18O2S/c1-11-13(18-12-6-4-3-5-7-12)8-9-15(2,10-16)14(11)17/h3-7,16H,8-10H2,1-2H3/t15-/m1/s1. The molecule has 0 saturated heterocycles. The number of carbonyl (C=O) groups is 1. The van der Waals surface area contributed by atoms with Gasteiger partial charge in [-0.15, -0.1) is 0 Å². The maximum absolute atomic E-state index is 12.2. The molecule has 0 amide bonds. The molecule has 0 saturated carbocycles. The molecule has 1 aliphatic carbocycles. The Morgan fingerprint density at radius 1 is 1.33 bits per heavy atom. The molecule has 1 atom stereocenters. The van der Waals surface area contributed by atoms with E-state index < -0.39 is 5.41 Å². The van der Waals surface area contributed by atoms with Crippen LogP contribution in [0.25, 0.3) is 0 Å². The van der Waals surface area contributed by atoms with Crippen molar-refractivity contribution in [2.45, 2.75) is 31.6 Å². The van der Waals surface area contributed by atoms with Crippen LogP contribution >= 0.6 is 11.8 Å². The number of Topliss-reactive ketones (excluding diaryl/α,β-unsaturated/α-hetero) is 1. The second-order valence-electron chi connectivity index (χ2n) is 5.01. The summed E-state index contributed by atoms with van der Waals surface area (Å²) in [5.74, 6) is 0.0923. The van der Waals surface area contributed by atoms with Gasteiger partial charge in [-0.2, -0.15) is 0 Å². The number of aliphatic hydroxyl groups excluding tert-OH is 1. The van der Waals surface area contributed by atoms with Crippen LogP contribution in [0.2, 0.25) is 0 Å². The monoisotopic (exact) mass is 262 g/mol. The number of hydrogen-bond donors (Lipinski definition) is 1.